The van der Waals surface area contributed by atoms with Gasteiger partial charge in [0.15, 0.2) is 11.6 Å². The van der Waals surface area contributed by atoms with Crippen molar-refractivity contribution >= 4 is 43.4 Å². The van der Waals surface area contributed by atoms with Crippen LogP contribution < -0.4 is 0 Å². The van der Waals surface area contributed by atoms with E-state index in [1.165, 1.54) is 0 Å². The summed E-state index contributed by atoms with van der Waals surface area (Å²) in [7, 11) is 3.77. The smallest absolute Gasteiger partial charge is 0.187 e. The maximum atomic E-state index is 11.8. The van der Waals surface area contributed by atoms with E-state index in [1.54, 1.807) is 19.2 Å². The third kappa shape index (κ3) is 7.26. The SMILES string of the molecule is CC(=O)c1cc(Br)ccc1C.Cc1ccc(Br)cc1C(=O)/C=C/N(C)C. The zero-order valence-corrected chi connectivity index (χ0v) is 18.8. The van der Waals surface area contributed by atoms with E-state index in [2.05, 4.69) is 31.9 Å². The fourth-order valence-corrected chi connectivity index (χ4v) is 2.86. The molecule has 2 rings (SSSR count). The lowest BCUT2D eigenvalue weighted by Crippen LogP contribution is -2.04. The van der Waals surface area contributed by atoms with Crippen LogP contribution >= 0.6 is 31.9 Å². The number of Topliss-reactive ketones (excluding diaryl/α,β-unsaturated/α-hetero) is 1. The molecule has 0 bridgehead atoms. The summed E-state index contributed by atoms with van der Waals surface area (Å²) in [6, 6.07) is 11.4. The lowest BCUT2D eigenvalue weighted by atomic mass is 10.1. The third-order valence-corrected chi connectivity index (χ3v) is 4.55. The Balaban J connectivity index is 0.000000273. The quantitative estimate of drug-likeness (QED) is 0.399. The van der Waals surface area contributed by atoms with Crippen molar-refractivity contribution in [3.8, 4) is 0 Å². The number of allylic oxidation sites excluding steroid dienone is 1. The molecule has 0 aliphatic rings. The van der Waals surface area contributed by atoms with Gasteiger partial charge < -0.3 is 4.90 Å². The first-order valence-electron chi connectivity index (χ1n) is 8.04. The first-order chi connectivity index (χ1) is 12.1. The molecule has 0 atom stereocenters. The van der Waals surface area contributed by atoms with E-state index >= 15 is 0 Å². The number of nitrogens with zero attached hydrogens (tertiary/aromatic N) is 1. The fourth-order valence-electron chi connectivity index (χ4n) is 2.14. The van der Waals surface area contributed by atoms with Crippen molar-refractivity contribution in [1.82, 2.24) is 4.90 Å². The van der Waals surface area contributed by atoms with Gasteiger partial charge in [-0.1, -0.05) is 44.0 Å². The summed E-state index contributed by atoms with van der Waals surface area (Å²) in [5.74, 6) is 0.145. The van der Waals surface area contributed by atoms with Crippen LogP contribution in [0.15, 0.2) is 57.6 Å². The Morgan fingerprint density at radius 3 is 1.77 bits per heavy atom. The van der Waals surface area contributed by atoms with Gasteiger partial charge in [-0.3, -0.25) is 9.59 Å². The summed E-state index contributed by atoms with van der Waals surface area (Å²) in [5, 5.41) is 0. The van der Waals surface area contributed by atoms with Crippen molar-refractivity contribution in [2.75, 3.05) is 14.1 Å². The standard InChI is InChI=1S/C12H14BrNO.C9H9BrO/c1-9-4-5-10(13)8-11(9)12(15)6-7-14(2)3;1-6-3-4-8(10)5-9(6)7(2)11/h4-8H,1-3H3;3-5H,1-2H3/b7-6+;. The maximum Gasteiger partial charge on any atom is 0.187 e. The second-order valence-electron chi connectivity index (χ2n) is 6.12. The predicted molar refractivity (Wildman–Crippen MR) is 115 cm³/mol. The lowest BCUT2D eigenvalue weighted by molar-refractivity contribution is 0.101. The minimum absolute atomic E-state index is 0.0301. The Labute approximate surface area is 172 Å². The number of rotatable bonds is 4. The molecule has 0 fully saturated rings. The molecule has 0 aromatic heterocycles. The van der Waals surface area contributed by atoms with Crippen LogP contribution in [0.3, 0.4) is 0 Å². The lowest BCUT2D eigenvalue weighted by Gasteiger charge is -2.05. The highest BCUT2D eigenvalue weighted by molar-refractivity contribution is 9.10. The monoisotopic (exact) mass is 479 g/mol. The van der Waals surface area contributed by atoms with Crippen LogP contribution in [0.4, 0.5) is 0 Å². The van der Waals surface area contributed by atoms with Gasteiger partial charge in [0.2, 0.25) is 0 Å². The third-order valence-electron chi connectivity index (χ3n) is 3.57. The molecule has 0 aliphatic heterocycles. The molecule has 0 spiro atoms. The maximum absolute atomic E-state index is 11.8. The molecule has 2 aromatic carbocycles. The molecule has 5 heteroatoms. The molecule has 0 saturated heterocycles. The van der Waals surface area contributed by atoms with E-state index in [1.807, 2.05) is 69.2 Å². The van der Waals surface area contributed by atoms with E-state index < -0.39 is 0 Å². The number of carbonyl (C=O) groups excluding carboxylic acids is 2. The Morgan fingerprint density at radius 1 is 0.885 bits per heavy atom. The highest BCUT2D eigenvalue weighted by Gasteiger charge is 2.06. The van der Waals surface area contributed by atoms with Crippen molar-refractivity contribution in [3.63, 3.8) is 0 Å². The van der Waals surface area contributed by atoms with E-state index in [-0.39, 0.29) is 11.6 Å². The summed E-state index contributed by atoms with van der Waals surface area (Å²) >= 11 is 6.67. The average Bonchev–Trinajstić information content (AvgIpc) is 2.57. The number of hydrogen-bond donors (Lipinski definition) is 0. The number of halogens is 2. The van der Waals surface area contributed by atoms with Gasteiger partial charge in [-0.15, -0.1) is 0 Å². The Bertz CT molecular complexity index is 827. The molecular weight excluding hydrogens is 458 g/mol. The second-order valence-corrected chi connectivity index (χ2v) is 7.95. The van der Waals surface area contributed by atoms with Gasteiger partial charge in [-0.2, -0.15) is 0 Å². The van der Waals surface area contributed by atoms with E-state index in [9.17, 15) is 9.59 Å². The zero-order valence-electron chi connectivity index (χ0n) is 15.6. The number of benzene rings is 2. The minimum Gasteiger partial charge on any atom is -0.383 e. The van der Waals surface area contributed by atoms with Crippen LogP contribution in [0.25, 0.3) is 0 Å². The largest absolute Gasteiger partial charge is 0.383 e. The van der Waals surface area contributed by atoms with Crippen molar-refractivity contribution in [2.45, 2.75) is 20.8 Å². The molecule has 0 aliphatic carbocycles. The number of aryl methyl sites for hydroxylation is 2. The van der Waals surface area contributed by atoms with Gasteiger partial charge in [-0.05, 0) is 56.2 Å². The topological polar surface area (TPSA) is 37.4 Å². The van der Waals surface area contributed by atoms with Crippen molar-refractivity contribution in [1.29, 1.82) is 0 Å². The molecule has 26 heavy (non-hydrogen) atoms. The van der Waals surface area contributed by atoms with Crippen LogP contribution in [-0.4, -0.2) is 30.6 Å². The average molecular weight is 481 g/mol. The molecule has 0 amide bonds. The van der Waals surface area contributed by atoms with Gasteiger partial charge in [0.1, 0.15) is 0 Å². The number of ketones is 2. The van der Waals surface area contributed by atoms with Gasteiger partial charge in [0.05, 0.1) is 0 Å². The molecule has 2 aromatic rings. The summed E-state index contributed by atoms with van der Waals surface area (Å²) < 4.78 is 1.88. The molecule has 0 saturated carbocycles. The second kappa shape index (κ2) is 10.4. The molecule has 3 nitrogen and oxygen atoms in total. The zero-order chi connectivity index (χ0) is 19.9. The highest BCUT2D eigenvalue weighted by atomic mass is 79.9. The van der Waals surface area contributed by atoms with Crippen LogP contribution in [-0.2, 0) is 0 Å². The number of hydrogen-bond acceptors (Lipinski definition) is 3. The summed E-state index contributed by atoms with van der Waals surface area (Å²) in [5.41, 5.74) is 3.55. The number of carbonyl (C=O) groups is 2. The molecule has 138 valence electrons. The minimum atomic E-state index is 0.0301. The molecular formula is C21H23Br2NO2. The van der Waals surface area contributed by atoms with Gasteiger partial charge >= 0.3 is 0 Å². The van der Waals surface area contributed by atoms with E-state index in [4.69, 9.17) is 0 Å². The van der Waals surface area contributed by atoms with E-state index in [0.29, 0.717) is 0 Å². The van der Waals surface area contributed by atoms with Crippen LogP contribution in [0.2, 0.25) is 0 Å². The van der Waals surface area contributed by atoms with E-state index in [0.717, 1.165) is 31.2 Å². The molecule has 0 radical (unpaired) electrons. The Morgan fingerprint density at radius 2 is 1.35 bits per heavy atom. The first kappa shape index (κ1) is 22.3. The van der Waals surface area contributed by atoms with Gasteiger partial charge in [0, 0.05) is 46.4 Å². The Kier molecular flexibility index (Phi) is 8.96. The van der Waals surface area contributed by atoms with Crippen LogP contribution in [0.1, 0.15) is 38.8 Å². The van der Waals surface area contributed by atoms with Crippen molar-refractivity contribution in [2.24, 2.45) is 0 Å². The molecule has 0 N–H and O–H groups in total. The fraction of sp³-hybridized carbons (Fsp3) is 0.238. The Hall–Kier alpha value is -1.72. The highest BCUT2D eigenvalue weighted by Crippen LogP contribution is 2.17. The van der Waals surface area contributed by atoms with Gasteiger partial charge in [0.25, 0.3) is 0 Å². The first-order valence-corrected chi connectivity index (χ1v) is 9.62. The molecule has 0 heterocycles. The van der Waals surface area contributed by atoms with Gasteiger partial charge in [-0.25, -0.2) is 0 Å². The van der Waals surface area contributed by atoms with Crippen molar-refractivity contribution < 1.29 is 9.59 Å². The summed E-state index contributed by atoms with van der Waals surface area (Å²) in [4.78, 5) is 24.6. The normalized spacial score (nSPS) is 10.3. The molecule has 0 unspecified atom stereocenters. The van der Waals surface area contributed by atoms with Crippen LogP contribution in [0, 0.1) is 13.8 Å². The van der Waals surface area contributed by atoms with Crippen LogP contribution in [0.5, 0.6) is 0 Å². The summed E-state index contributed by atoms with van der Waals surface area (Å²) in [6.07, 6.45) is 3.33. The van der Waals surface area contributed by atoms with Crippen molar-refractivity contribution in [3.05, 3.63) is 79.9 Å². The summed E-state index contributed by atoms with van der Waals surface area (Å²) in [6.45, 7) is 5.45. The predicted octanol–water partition coefficient (Wildman–Crippen LogP) is 5.98.